The summed E-state index contributed by atoms with van der Waals surface area (Å²) in [6.07, 6.45) is 12.6. The van der Waals surface area contributed by atoms with E-state index in [4.69, 9.17) is 4.98 Å². The zero-order valence-corrected chi connectivity index (χ0v) is 63.2. The summed E-state index contributed by atoms with van der Waals surface area (Å²) in [6.45, 7) is 24.8. The molecular weight excluding hydrogens is 1480 g/mol. The lowest BCUT2D eigenvalue weighted by molar-refractivity contribution is -0.127. The number of anilines is 4. The molecule has 31 heteroatoms. The van der Waals surface area contributed by atoms with Crippen LogP contribution in [0.3, 0.4) is 0 Å². The van der Waals surface area contributed by atoms with Crippen molar-refractivity contribution in [2.24, 2.45) is 14.1 Å². The van der Waals surface area contributed by atoms with Crippen LogP contribution >= 0.6 is 0 Å². The number of aryl methyl sites for hydroxylation is 3. The molecule has 4 aliphatic heterocycles. The minimum Gasteiger partial charge on any atom is -0.353 e. The van der Waals surface area contributed by atoms with Crippen LogP contribution in [-0.4, -0.2) is 208 Å². The number of ketones is 1. The fraction of sp³-hybridized carbons (Fsp3) is 0.238. The smallest absolute Gasteiger partial charge is 0.261 e. The first-order valence-corrected chi connectivity index (χ1v) is 36.8. The predicted molar refractivity (Wildman–Crippen MR) is 429 cm³/mol. The molecule has 0 N–H and O–H groups in total. The van der Waals surface area contributed by atoms with E-state index in [1.807, 2.05) is 22.8 Å². The Morgan fingerprint density at radius 3 is 1.24 bits per heavy atom. The molecule has 4 fully saturated rings. The van der Waals surface area contributed by atoms with Crippen molar-refractivity contribution < 1.29 is 45.9 Å². The van der Waals surface area contributed by atoms with Crippen molar-refractivity contribution in [2.75, 3.05) is 124 Å². The maximum atomic E-state index is 15.4. The maximum absolute atomic E-state index is 15.4. The van der Waals surface area contributed by atoms with Gasteiger partial charge >= 0.3 is 0 Å². The third-order valence-corrected chi connectivity index (χ3v) is 20.6. The molecule has 115 heavy (non-hydrogen) atoms. The third kappa shape index (κ3) is 16.4. The molecule has 0 spiro atoms. The number of carbonyl (C=O) groups is 5. The van der Waals surface area contributed by atoms with Crippen LogP contribution in [0.4, 0.5) is 45.2 Å². The highest BCUT2D eigenvalue weighted by Gasteiger charge is 2.32. The number of fused-ring (bicyclic) bond motifs is 4. The minimum atomic E-state index is -0.887. The van der Waals surface area contributed by atoms with Gasteiger partial charge in [-0.05, 0) is 73.7 Å². The first-order valence-electron chi connectivity index (χ1n) is 36.8. The number of halogens is 5. The summed E-state index contributed by atoms with van der Waals surface area (Å²) in [4.78, 5) is 140. The zero-order chi connectivity index (χ0) is 81.3. The van der Waals surface area contributed by atoms with E-state index >= 15 is 4.39 Å². The van der Waals surface area contributed by atoms with Gasteiger partial charge in [-0.2, -0.15) is 0 Å². The van der Waals surface area contributed by atoms with Crippen molar-refractivity contribution in [3.8, 4) is 33.4 Å². The Labute approximate surface area is 656 Å². The van der Waals surface area contributed by atoms with E-state index in [0.717, 1.165) is 16.9 Å². The van der Waals surface area contributed by atoms with E-state index in [0.29, 0.717) is 167 Å². The number of Topliss-reactive ketones (excluding diaryl/α,β-unsaturated/α-hetero) is 1. The number of piperazine rings is 4. The van der Waals surface area contributed by atoms with Gasteiger partial charge in [-0.15, -0.1) is 0 Å². The topological polar surface area (TPSA) is 271 Å². The monoisotopic (exact) mass is 1560 g/mol. The normalized spacial score (nSPS) is 14.8. The van der Waals surface area contributed by atoms with Crippen LogP contribution in [0.1, 0.15) is 22.5 Å². The van der Waals surface area contributed by atoms with Gasteiger partial charge in [0.05, 0.1) is 27.9 Å². The number of allylic oxidation sites excluding steroid dienone is 1. The Bertz CT molecular complexity index is 5850. The predicted octanol–water partition coefficient (Wildman–Crippen LogP) is 9.17. The number of benzene rings is 4. The van der Waals surface area contributed by atoms with Crippen molar-refractivity contribution in [1.29, 1.82) is 0 Å². The van der Waals surface area contributed by atoms with Crippen LogP contribution in [0.15, 0.2) is 195 Å². The van der Waals surface area contributed by atoms with E-state index in [1.165, 1.54) is 108 Å². The van der Waals surface area contributed by atoms with Gasteiger partial charge in [0.15, 0.2) is 29.1 Å². The summed E-state index contributed by atoms with van der Waals surface area (Å²) in [6, 6.07) is 28.1. The average Bonchev–Trinajstić information content (AvgIpc) is 0.755. The van der Waals surface area contributed by atoms with Gasteiger partial charge in [0, 0.05) is 170 Å². The van der Waals surface area contributed by atoms with Crippen LogP contribution in [0, 0.1) is 36.0 Å². The van der Waals surface area contributed by atoms with Crippen molar-refractivity contribution in [3.05, 3.63) is 257 Å². The van der Waals surface area contributed by atoms with Crippen molar-refractivity contribution in [3.63, 3.8) is 0 Å². The Kier molecular flexibility index (Phi) is 24.0. The summed E-state index contributed by atoms with van der Waals surface area (Å²) in [7, 11) is 3.12. The van der Waals surface area contributed by atoms with Gasteiger partial charge in [0.25, 0.3) is 11.1 Å². The fourth-order valence-electron chi connectivity index (χ4n) is 14.5. The van der Waals surface area contributed by atoms with E-state index in [-0.39, 0.29) is 86.1 Å². The lowest BCUT2D eigenvalue weighted by Crippen LogP contribution is -2.49. The van der Waals surface area contributed by atoms with E-state index in [1.54, 1.807) is 93.4 Å². The second-order valence-electron chi connectivity index (χ2n) is 27.2. The highest BCUT2D eigenvalue weighted by atomic mass is 19.1. The zero-order valence-electron chi connectivity index (χ0n) is 63.2. The fourth-order valence-corrected chi connectivity index (χ4v) is 14.5. The molecule has 26 nitrogen and oxygen atoms in total. The first kappa shape index (κ1) is 79.2. The summed E-state index contributed by atoms with van der Waals surface area (Å²) in [5.41, 5.74) is 5.60. The molecule has 0 saturated carbocycles. The van der Waals surface area contributed by atoms with E-state index < -0.39 is 28.8 Å². The number of hydrogen-bond donors (Lipinski definition) is 0. The highest BCUT2D eigenvalue weighted by molar-refractivity contribution is 6.27. The van der Waals surface area contributed by atoms with Gasteiger partial charge in [0.1, 0.15) is 76.5 Å². The van der Waals surface area contributed by atoms with Crippen molar-refractivity contribution >= 4 is 97.4 Å². The minimum absolute atomic E-state index is 0.0595. The Morgan fingerprint density at radius 2 is 0.765 bits per heavy atom. The molecule has 5 aliphatic rings. The van der Waals surface area contributed by atoms with Crippen LogP contribution in [0.25, 0.3) is 78.1 Å². The van der Waals surface area contributed by atoms with E-state index in [2.05, 4.69) is 76.0 Å². The molecule has 4 amide bonds. The molecule has 0 bridgehead atoms. The second-order valence-corrected chi connectivity index (χ2v) is 27.2. The number of carbonyl (C=O) groups excluding carboxylic acids is 5. The SMILES string of the molecule is C=CC(=O)N1CCN(c2ncnc3c(F)c(-c4ccccc4F)c(=O)n(C)c23)CC1.C=CC(=O)N1CCN(c2ncnc3c2CC(=O)C(c2ccccc2F)=C3)CC1.C=CC(=O)N1CCN(c2ncnc3cc(-c4ccccc4F)c(=O)n(C)c23)CC1.C=CC(=O)N1CCN(c2ncnc3cc(-c4ccccc4F)c(C)nc23)CC1. The van der Waals surface area contributed by atoms with E-state index in [9.17, 15) is 51.1 Å². The van der Waals surface area contributed by atoms with Crippen LogP contribution < -0.4 is 30.7 Å². The Morgan fingerprint density at radius 1 is 0.391 bits per heavy atom. The first-order chi connectivity index (χ1) is 55.6. The van der Waals surface area contributed by atoms with Crippen molar-refractivity contribution in [1.82, 2.24) is 73.6 Å². The average molecular weight is 1560 g/mol. The lowest BCUT2D eigenvalue weighted by atomic mass is 9.90. The molecule has 0 unspecified atom stereocenters. The van der Waals surface area contributed by atoms with Gasteiger partial charge in [-0.3, -0.25) is 33.6 Å². The van der Waals surface area contributed by atoms with Gasteiger partial charge < -0.3 is 48.3 Å². The number of amides is 4. The molecule has 16 rings (SSSR count). The molecule has 7 aromatic heterocycles. The summed E-state index contributed by atoms with van der Waals surface area (Å²) in [5.74, 6) is -0.854. The van der Waals surface area contributed by atoms with Crippen molar-refractivity contribution in [2.45, 2.75) is 13.3 Å². The molecule has 586 valence electrons. The van der Waals surface area contributed by atoms with Crippen LogP contribution in [-0.2, 0) is 44.5 Å². The summed E-state index contributed by atoms with van der Waals surface area (Å²) in [5, 5.41) is 0. The van der Waals surface area contributed by atoms with Crippen LogP contribution in [0.5, 0.6) is 0 Å². The molecule has 4 saturated heterocycles. The number of pyridine rings is 3. The molecular formula is C84H78F5N19O7. The van der Waals surface area contributed by atoms with Gasteiger partial charge in [-0.25, -0.2) is 66.8 Å². The Hall–Kier alpha value is -13.9. The standard InChI is InChI=1S/C21H19F2N5O2.C21H20FN5O2.C21H20FN5O.C21H19FN4O2/c1-3-15(29)27-8-10-28(11-9-27)20-19-18(24-12-25-20)17(23)16(21(30)26(19)2)13-6-4-5-7-14(13)22;1-3-18(28)26-8-10-27(11-9-26)20-19-17(23-13-24-20)12-15(21(29)25(19)2)14-6-4-5-7-16(14)22;1-3-19(28)26-8-10-27(11-9-26)21-20-18(23-13-24-21)12-16(14(2)25-20)15-6-4-5-7-17(15)22;1-2-20(28)25-7-9-26(10-8-25)21-16-12-19(27)15(11-18(16)23-13-24-21)14-5-3-4-6-17(14)22/h3-7,12H,1,8-11H2,2H3;3-7,12-13H,1,8-11H2,2H3;3-7,12-13H,1,8-11H2,2H3;2-6,11,13H,1,7-10,12H2. The van der Waals surface area contributed by atoms with Crippen LogP contribution in [0.2, 0.25) is 0 Å². The lowest BCUT2D eigenvalue weighted by Gasteiger charge is -2.36. The molecule has 0 atom stereocenters. The van der Waals surface area contributed by atoms with Gasteiger partial charge in [-0.1, -0.05) is 99.1 Å². The molecule has 11 aromatic rings. The summed E-state index contributed by atoms with van der Waals surface area (Å²) < 4.78 is 75.0. The number of rotatable bonds is 12. The Balaban J connectivity index is 0.000000134. The third-order valence-electron chi connectivity index (χ3n) is 20.6. The number of aromatic nitrogens is 11. The molecule has 11 heterocycles. The number of hydrogen-bond acceptors (Lipinski definition) is 20. The maximum Gasteiger partial charge on any atom is 0.261 e. The molecule has 0 radical (unpaired) electrons. The highest BCUT2D eigenvalue weighted by Crippen LogP contribution is 2.36. The summed E-state index contributed by atoms with van der Waals surface area (Å²) >= 11 is 0. The largest absolute Gasteiger partial charge is 0.353 e. The van der Waals surface area contributed by atoms with Gasteiger partial charge in [0.2, 0.25) is 23.6 Å². The second kappa shape index (κ2) is 34.8. The quantitative estimate of drug-likeness (QED) is 0.0814. The molecule has 4 aromatic carbocycles. The molecule has 1 aliphatic carbocycles. The number of nitrogens with zero attached hydrogens (tertiary/aromatic N) is 19.